The Morgan fingerprint density at radius 2 is 1.98 bits per heavy atom. The molecule has 2 saturated carbocycles. The number of fused-ring (bicyclic) bond motifs is 3. The van der Waals surface area contributed by atoms with E-state index in [1.54, 1.807) is 19.1 Å². The number of methoxy groups -OCH3 is 1. The molecule has 2 N–H and O–H groups in total. The van der Waals surface area contributed by atoms with Gasteiger partial charge < -0.3 is 24.6 Å². The van der Waals surface area contributed by atoms with Gasteiger partial charge >= 0.3 is 6.03 Å². The summed E-state index contributed by atoms with van der Waals surface area (Å²) in [4.78, 5) is 52.8. The first-order chi connectivity index (χ1) is 21.0. The minimum atomic E-state index is -3.81. The van der Waals surface area contributed by atoms with Crippen LogP contribution in [0.2, 0.25) is 0 Å². The first-order valence-corrected chi connectivity index (χ1v) is 16.6. The SMILES string of the molecule is COc1ccc2c(O[C@@H]3C[C@H]4C(=O)N[C@]5(C(=O)NS(=O)(=O)C6CC6)C[C@H]5/C=C\CCCCN(C)C(=O)N4C3)ncnc2c1C. The number of nitrogens with zero attached hydrogens (tertiary/aromatic N) is 4. The molecule has 1 saturated heterocycles. The maximum Gasteiger partial charge on any atom is 0.320 e. The molecule has 236 valence electrons. The van der Waals surface area contributed by atoms with Gasteiger partial charge in [-0.05, 0) is 57.6 Å². The number of carbonyl (C=O) groups is 3. The van der Waals surface area contributed by atoms with Gasteiger partial charge in [-0.15, -0.1) is 0 Å². The fourth-order valence-electron chi connectivity index (χ4n) is 6.20. The second-order valence-electron chi connectivity index (χ2n) is 12.2. The van der Waals surface area contributed by atoms with Crippen LogP contribution in [-0.2, 0) is 19.6 Å². The molecule has 3 heterocycles. The first kappa shape index (κ1) is 30.1. The van der Waals surface area contributed by atoms with Gasteiger partial charge in [-0.25, -0.2) is 23.2 Å². The zero-order chi connectivity index (χ0) is 31.2. The molecule has 14 heteroatoms. The van der Waals surface area contributed by atoms with E-state index in [-0.39, 0.29) is 31.3 Å². The lowest BCUT2D eigenvalue weighted by Gasteiger charge is -2.30. The van der Waals surface area contributed by atoms with E-state index in [2.05, 4.69) is 20.0 Å². The number of hydrogen-bond acceptors (Lipinski definition) is 9. The molecule has 0 spiro atoms. The summed E-state index contributed by atoms with van der Waals surface area (Å²) in [5.41, 5.74) is 0.0948. The Labute approximate surface area is 256 Å². The van der Waals surface area contributed by atoms with Crippen LogP contribution in [0.15, 0.2) is 30.6 Å². The van der Waals surface area contributed by atoms with E-state index in [0.29, 0.717) is 41.9 Å². The standard InChI is InChI=1S/C30H38N6O7S/c1-18-24(42-3)12-11-22-25(18)31-17-32-27(22)43-20-14-23-26(37)33-30(28(38)34-44(40,41)21-9-10-21)15-19(30)8-6-4-5-7-13-35(2)29(39)36(23)16-20/h6,8,11-12,17,19-21,23H,4-5,7,9-10,13-16H2,1-3H3,(H,33,37)(H,34,38)/b8-6-/t19-,20-,23+,30-/m1/s1. The molecular weight excluding hydrogens is 588 g/mol. The Balaban J connectivity index is 1.27. The molecule has 0 bridgehead atoms. The number of aromatic nitrogens is 2. The molecule has 2 aromatic rings. The number of urea groups is 1. The van der Waals surface area contributed by atoms with Crippen LogP contribution in [0.25, 0.3) is 10.9 Å². The third-order valence-corrected chi connectivity index (χ3v) is 10.9. The Morgan fingerprint density at radius 3 is 2.73 bits per heavy atom. The fraction of sp³-hybridized carbons (Fsp3) is 0.567. The largest absolute Gasteiger partial charge is 0.496 e. The number of hydrogen-bond donors (Lipinski definition) is 2. The monoisotopic (exact) mass is 626 g/mol. The van der Waals surface area contributed by atoms with Gasteiger partial charge in [-0.2, -0.15) is 0 Å². The van der Waals surface area contributed by atoms with E-state index >= 15 is 0 Å². The zero-order valence-corrected chi connectivity index (χ0v) is 25.9. The number of amides is 4. The molecule has 1 aromatic heterocycles. The Bertz CT molecular complexity index is 1630. The van der Waals surface area contributed by atoms with Crippen LogP contribution in [-0.4, -0.2) is 96.2 Å². The maximum atomic E-state index is 13.9. The lowest BCUT2D eigenvalue weighted by molar-refractivity contribution is -0.131. The maximum absolute atomic E-state index is 13.9. The summed E-state index contributed by atoms with van der Waals surface area (Å²) in [5.74, 6) is -0.611. The predicted molar refractivity (Wildman–Crippen MR) is 160 cm³/mol. The summed E-state index contributed by atoms with van der Waals surface area (Å²) in [6.45, 7) is 2.54. The van der Waals surface area contributed by atoms with Crippen molar-refractivity contribution in [2.24, 2.45) is 5.92 Å². The molecule has 1 aromatic carbocycles. The molecule has 3 fully saturated rings. The van der Waals surface area contributed by atoms with E-state index in [1.165, 1.54) is 11.2 Å². The van der Waals surface area contributed by atoms with Crippen LogP contribution in [0, 0.1) is 12.8 Å². The average Bonchev–Trinajstić information content (AvgIpc) is 3.92. The summed E-state index contributed by atoms with van der Waals surface area (Å²) in [6, 6.07) is 2.36. The van der Waals surface area contributed by atoms with Gasteiger partial charge in [-0.1, -0.05) is 12.2 Å². The molecule has 2 aliphatic carbocycles. The van der Waals surface area contributed by atoms with Gasteiger partial charge in [-0.3, -0.25) is 14.3 Å². The van der Waals surface area contributed by atoms with E-state index < -0.39 is 44.8 Å². The summed E-state index contributed by atoms with van der Waals surface area (Å²) in [6.07, 6.45) is 8.47. The summed E-state index contributed by atoms with van der Waals surface area (Å²) < 4.78 is 39.2. The molecule has 4 amide bonds. The van der Waals surface area contributed by atoms with E-state index in [4.69, 9.17) is 9.47 Å². The van der Waals surface area contributed by atoms with Crippen LogP contribution in [0.4, 0.5) is 4.79 Å². The van der Waals surface area contributed by atoms with Crippen molar-refractivity contribution >= 4 is 38.8 Å². The van der Waals surface area contributed by atoms with Gasteiger partial charge in [0.15, 0.2) is 0 Å². The van der Waals surface area contributed by atoms with Gasteiger partial charge in [0.05, 0.1) is 29.8 Å². The molecule has 0 unspecified atom stereocenters. The summed E-state index contributed by atoms with van der Waals surface area (Å²) in [5, 5.41) is 2.96. The van der Waals surface area contributed by atoms with E-state index in [1.807, 2.05) is 31.2 Å². The third kappa shape index (κ3) is 5.66. The minimum absolute atomic E-state index is 0.125. The molecule has 2 aliphatic heterocycles. The molecular formula is C30H38N6O7S. The Morgan fingerprint density at radius 1 is 1.18 bits per heavy atom. The van der Waals surface area contributed by atoms with Crippen LogP contribution >= 0.6 is 0 Å². The Kier molecular flexibility index (Phi) is 7.89. The number of nitrogens with one attached hydrogen (secondary N) is 2. The number of ether oxygens (including phenoxy) is 2. The van der Waals surface area contributed by atoms with Gasteiger partial charge in [0, 0.05) is 31.5 Å². The highest BCUT2D eigenvalue weighted by atomic mass is 32.2. The number of benzene rings is 1. The number of allylic oxidation sites excluding steroid dienone is 1. The van der Waals surface area contributed by atoms with E-state index in [0.717, 1.165) is 24.8 Å². The van der Waals surface area contributed by atoms with Crippen LogP contribution in [0.3, 0.4) is 0 Å². The van der Waals surface area contributed by atoms with E-state index in [9.17, 15) is 22.8 Å². The number of sulfonamides is 1. The first-order valence-electron chi connectivity index (χ1n) is 15.1. The highest BCUT2D eigenvalue weighted by Crippen LogP contribution is 2.46. The van der Waals surface area contributed by atoms with Crippen LogP contribution in [0.5, 0.6) is 11.6 Å². The number of carbonyl (C=O) groups excluding carboxylic acids is 3. The van der Waals surface area contributed by atoms with Crippen molar-refractivity contribution in [3.8, 4) is 11.6 Å². The molecule has 4 aliphatic rings. The van der Waals surface area contributed by atoms with Gasteiger partial charge in [0.2, 0.25) is 21.8 Å². The minimum Gasteiger partial charge on any atom is -0.496 e. The lowest BCUT2D eigenvalue weighted by atomic mass is 10.1. The van der Waals surface area contributed by atoms with Gasteiger partial charge in [0.1, 0.15) is 29.8 Å². The second-order valence-corrected chi connectivity index (χ2v) is 14.1. The fourth-order valence-corrected chi connectivity index (χ4v) is 7.56. The van der Waals surface area contributed by atoms with Crippen molar-refractivity contribution in [1.82, 2.24) is 29.8 Å². The molecule has 0 radical (unpaired) electrons. The van der Waals surface area contributed by atoms with Crippen molar-refractivity contribution in [2.45, 2.75) is 74.8 Å². The third-order valence-electron chi connectivity index (χ3n) is 9.06. The Hall–Kier alpha value is -3.94. The quantitative estimate of drug-likeness (QED) is 0.458. The van der Waals surface area contributed by atoms with Crippen molar-refractivity contribution in [2.75, 3.05) is 27.2 Å². The van der Waals surface area contributed by atoms with Crippen molar-refractivity contribution in [3.63, 3.8) is 0 Å². The summed E-state index contributed by atoms with van der Waals surface area (Å²) >= 11 is 0. The zero-order valence-electron chi connectivity index (χ0n) is 25.1. The predicted octanol–water partition coefficient (Wildman–Crippen LogP) is 2.04. The molecule has 44 heavy (non-hydrogen) atoms. The lowest BCUT2D eigenvalue weighted by Crippen LogP contribution is -2.57. The topological polar surface area (TPSA) is 160 Å². The molecule has 6 rings (SSSR count). The van der Waals surface area contributed by atoms with Crippen LogP contribution < -0.4 is 19.5 Å². The number of aryl methyl sites for hydroxylation is 1. The second kappa shape index (κ2) is 11.5. The number of rotatable bonds is 6. The highest BCUT2D eigenvalue weighted by Gasteiger charge is 2.62. The van der Waals surface area contributed by atoms with Crippen molar-refractivity contribution in [1.29, 1.82) is 0 Å². The van der Waals surface area contributed by atoms with Crippen LogP contribution in [0.1, 0.15) is 50.5 Å². The normalized spacial score (nSPS) is 28.4. The van der Waals surface area contributed by atoms with Crippen molar-refractivity contribution in [3.05, 3.63) is 36.2 Å². The summed E-state index contributed by atoms with van der Waals surface area (Å²) in [7, 11) is -0.523. The molecule has 13 nitrogen and oxygen atoms in total. The average molecular weight is 627 g/mol. The van der Waals surface area contributed by atoms with Gasteiger partial charge in [0.25, 0.3) is 5.91 Å². The van der Waals surface area contributed by atoms with Crippen molar-refractivity contribution < 1.29 is 32.3 Å². The molecule has 4 atom stereocenters. The smallest absolute Gasteiger partial charge is 0.320 e. The highest BCUT2D eigenvalue weighted by molar-refractivity contribution is 7.91.